The summed E-state index contributed by atoms with van der Waals surface area (Å²) in [4.78, 5) is 0. The Morgan fingerprint density at radius 2 is 2.00 bits per heavy atom. The third kappa shape index (κ3) is 3.06. The molecule has 25 heavy (non-hydrogen) atoms. The van der Waals surface area contributed by atoms with Gasteiger partial charge in [0.25, 0.3) is 0 Å². The Balaban J connectivity index is 2.03. The fraction of sp³-hybridized carbons (Fsp3) is 0.348. The molecule has 0 saturated heterocycles. The van der Waals surface area contributed by atoms with Gasteiger partial charge in [0, 0.05) is 22.7 Å². The van der Waals surface area contributed by atoms with Gasteiger partial charge in [0.2, 0.25) is 5.69 Å². The van der Waals surface area contributed by atoms with Gasteiger partial charge in [0.15, 0.2) is 5.71 Å². The van der Waals surface area contributed by atoms with E-state index >= 15 is 0 Å². The van der Waals surface area contributed by atoms with Crippen molar-refractivity contribution in [3.63, 3.8) is 0 Å². The number of aryl methyl sites for hydroxylation is 1. The van der Waals surface area contributed by atoms with Crippen LogP contribution in [0.1, 0.15) is 44.7 Å². The van der Waals surface area contributed by atoms with E-state index in [0.717, 1.165) is 24.4 Å². The van der Waals surface area contributed by atoms with E-state index in [-0.39, 0.29) is 5.41 Å². The number of fused-ring (bicyclic) bond motifs is 1. The first-order chi connectivity index (χ1) is 11.9. The number of hydrogen-bond acceptors (Lipinski definition) is 0. The minimum atomic E-state index is -0.000705. The molecule has 1 aliphatic carbocycles. The molecular formula is C23H27ClN+. The molecule has 0 radical (unpaired) electrons. The molecule has 1 aromatic rings. The second-order valence-corrected chi connectivity index (χ2v) is 7.75. The molecule has 1 aliphatic heterocycles. The third-order valence-electron chi connectivity index (χ3n) is 5.35. The highest BCUT2D eigenvalue weighted by Gasteiger charge is 2.43. The molecule has 2 heteroatoms. The lowest BCUT2D eigenvalue weighted by atomic mass is 9.81. The normalized spacial score (nSPS) is 20.9. The Kier molecular flexibility index (Phi) is 4.88. The van der Waals surface area contributed by atoms with Crippen molar-refractivity contribution in [1.29, 1.82) is 0 Å². The van der Waals surface area contributed by atoms with Crippen LogP contribution in [0.2, 0.25) is 0 Å². The Morgan fingerprint density at radius 1 is 1.24 bits per heavy atom. The molecule has 0 spiro atoms. The number of allylic oxidation sites excluding steroid dienone is 7. The summed E-state index contributed by atoms with van der Waals surface area (Å²) in [5.41, 5.74) is 7.81. The van der Waals surface area contributed by atoms with Crippen molar-refractivity contribution in [3.8, 4) is 0 Å². The Labute approximate surface area is 156 Å². The first-order valence-electron chi connectivity index (χ1n) is 9.05. The van der Waals surface area contributed by atoms with Gasteiger partial charge < -0.3 is 0 Å². The van der Waals surface area contributed by atoms with E-state index in [1.807, 2.05) is 12.2 Å². The summed E-state index contributed by atoms with van der Waals surface area (Å²) in [7, 11) is 0. The van der Waals surface area contributed by atoms with E-state index < -0.39 is 0 Å². The van der Waals surface area contributed by atoms with Crippen LogP contribution >= 0.6 is 11.6 Å². The summed E-state index contributed by atoms with van der Waals surface area (Å²) in [6.07, 6.45) is 10.3. The Morgan fingerprint density at radius 3 is 2.68 bits per heavy atom. The summed E-state index contributed by atoms with van der Waals surface area (Å²) < 4.78 is 2.43. The number of nitrogens with zero attached hydrogens (tertiary/aromatic N) is 1. The fourth-order valence-electron chi connectivity index (χ4n) is 3.96. The summed E-state index contributed by atoms with van der Waals surface area (Å²) in [5, 5.41) is 0.893. The molecule has 130 valence electrons. The Hall–Kier alpha value is -1.86. The lowest BCUT2D eigenvalue weighted by Crippen LogP contribution is -2.27. The monoisotopic (exact) mass is 352 g/mol. The minimum Gasteiger partial charge on any atom is -0.195 e. The van der Waals surface area contributed by atoms with Gasteiger partial charge in [-0.05, 0) is 57.7 Å². The van der Waals surface area contributed by atoms with Crippen molar-refractivity contribution >= 4 is 23.0 Å². The average Bonchev–Trinajstić information content (AvgIpc) is 3.02. The highest BCUT2D eigenvalue weighted by atomic mass is 35.5. The molecular weight excluding hydrogens is 326 g/mol. The van der Waals surface area contributed by atoms with Crippen molar-refractivity contribution in [1.82, 2.24) is 0 Å². The van der Waals surface area contributed by atoms with E-state index in [1.165, 1.54) is 33.7 Å². The lowest BCUT2D eigenvalue weighted by molar-refractivity contribution is -0.433. The van der Waals surface area contributed by atoms with E-state index in [0.29, 0.717) is 0 Å². The molecule has 2 aliphatic rings. The standard InChI is InChI=1S/C23H27ClN/c1-6-8-17-10-11-18(22(17)24)12-14-21-23(4,5)19-15-16(3)9-13-20(19)25(21)7-2/h6,8-9,12-15H,1,7,10-11H2,2-5H3/q+1. The van der Waals surface area contributed by atoms with Gasteiger partial charge >= 0.3 is 0 Å². The molecule has 3 rings (SSSR count). The van der Waals surface area contributed by atoms with Crippen LogP contribution in [0, 0.1) is 6.92 Å². The number of hydrogen-bond donors (Lipinski definition) is 0. The zero-order valence-electron chi connectivity index (χ0n) is 15.7. The number of rotatable bonds is 4. The molecule has 0 N–H and O–H groups in total. The van der Waals surface area contributed by atoms with Crippen molar-refractivity contribution < 1.29 is 4.58 Å². The smallest absolute Gasteiger partial charge is 0.195 e. The molecule has 1 nitrogen and oxygen atoms in total. The molecule has 1 aromatic carbocycles. The summed E-state index contributed by atoms with van der Waals surface area (Å²) >= 11 is 6.55. The Bertz CT molecular complexity index is 847. The van der Waals surface area contributed by atoms with Crippen LogP contribution in [0.25, 0.3) is 0 Å². The molecule has 0 atom stereocenters. The summed E-state index contributed by atoms with van der Waals surface area (Å²) in [6.45, 7) is 13.7. The molecule has 0 aromatic heterocycles. The quantitative estimate of drug-likeness (QED) is 0.555. The fourth-order valence-corrected chi connectivity index (χ4v) is 4.27. The van der Waals surface area contributed by atoms with Gasteiger partial charge in [0.1, 0.15) is 6.54 Å². The van der Waals surface area contributed by atoms with Gasteiger partial charge in [-0.2, -0.15) is 4.58 Å². The van der Waals surface area contributed by atoms with Gasteiger partial charge in [-0.25, -0.2) is 0 Å². The van der Waals surface area contributed by atoms with Crippen LogP contribution in [0.5, 0.6) is 0 Å². The highest BCUT2D eigenvalue weighted by molar-refractivity contribution is 6.33. The summed E-state index contributed by atoms with van der Waals surface area (Å²) in [5.74, 6) is 0. The van der Waals surface area contributed by atoms with Crippen molar-refractivity contribution in [3.05, 3.63) is 76.4 Å². The van der Waals surface area contributed by atoms with E-state index in [4.69, 9.17) is 11.6 Å². The van der Waals surface area contributed by atoms with E-state index in [1.54, 1.807) is 0 Å². The number of halogens is 1. The SMILES string of the molecule is C=CC=C1CCC(C=CC2=[N+](CC)c3ccc(C)cc3C2(C)C)=C1Cl. The second-order valence-electron chi connectivity index (χ2n) is 7.38. The predicted molar refractivity (Wildman–Crippen MR) is 109 cm³/mol. The molecule has 0 bridgehead atoms. The summed E-state index contributed by atoms with van der Waals surface area (Å²) in [6, 6.07) is 6.78. The van der Waals surface area contributed by atoms with Crippen molar-refractivity contribution in [2.75, 3.05) is 6.54 Å². The predicted octanol–water partition coefficient (Wildman–Crippen LogP) is 6.35. The largest absolute Gasteiger partial charge is 0.209 e. The topological polar surface area (TPSA) is 3.01 Å². The van der Waals surface area contributed by atoms with Gasteiger partial charge in [-0.3, -0.25) is 0 Å². The molecule has 1 heterocycles. The van der Waals surface area contributed by atoms with E-state index in [2.05, 4.69) is 69.2 Å². The van der Waals surface area contributed by atoms with Crippen molar-refractivity contribution in [2.24, 2.45) is 0 Å². The number of benzene rings is 1. The first-order valence-corrected chi connectivity index (χ1v) is 9.42. The van der Waals surface area contributed by atoms with Crippen LogP contribution in [0.15, 0.2) is 65.3 Å². The van der Waals surface area contributed by atoms with Crippen LogP contribution in [0.4, 0.5) is 5.69 Å². The maximum Gasteiger partial charge on any atom is 0.209 e. The van der Waals surface area contributed by atoms with Crippen molar-refractivity contribution in [2.45, 2.75) is 46.0 Å². The second kappa shape index (κ2) is 6.80. The van der Waals surface area contributed by atoms with Crippen LogP contribution < -0.4 is 0 Å². The van der Waals surface area contributed by atoms with Crippen LogP contribution in [-0.2, 0) is 5.41 Å². The molecule has 0 fully saturated rings. The first kappa shape index (κ1) is 17.9. The van der Waals surface area contributed by atoms with Crippen LogP contribution in [0.3, 0.4) is 0 Å². The van der Waals surface area contributed by atoms with E-state index in [9.17, 15) is 0 Å². The molecule has 0 saturated carbocycles. The molecule has 0 amide bonds. The highest BCUT2D eigenvalue weighted by Crippen LogP contribution is 2.41. The zero-order chi connectivity index (χ0) is 18.2. The minimum absolute atomic E-state index is 0.000705. The third-order valence-corrected chi connectivity index (χ3v) is 5.84. The lowest BCUT2D eigenvalue weighted by Gasteiger charge is -2.16. The van der Waals surface area contributed by atoms with Crippen LogP contribution in [-0.4, -0.2) is 16.8 Å². The zero-order valence-corrected chi connectivity index (χ0v) is 16.5. The maximum atomic E-state index is 6.55. The van der Waals surface area contributed by atoms with Gasteiger partial charge in [-0.1, -0.05) is 48.0 Å². The maximum absolute atomic E-state index is 6.55. The average molecular weight is 353 g/mol. The molecule has 0 unspecified atom stereocenters. The van der Waals surface area contributed by atoms with Gasteiger partial charge in [0.05, 0.1) is 5.41 Å². The van der Waals surface area contributed by atoms with Gasteiger partial charge in [-0.15, -0.1) is 0 Å².